The van der Waals surface area contributed by atoms with E-state index < -0.39 is 17.8 Å². The van der Waals surface area contributed by atoms with E-state index in [1.165, 1.54) is 12.1 Å². The van der Waals surface area contributed by atoms with Crippen molar-refractivity contribution in [3.8, 4) is 6.07 Å². The first-order valence-corrected chi connectivity index (χ1v) is 5.55. The maximum atomic E-state index is 13.0. The molecule has 0 radical (unpaired) electrons. The Labute approximate surface area is 100 Å². The van der Waals surface area contributed by atoms with Crippen LogP contribution < -0.4 is 5.32 Å². The number of carbonyl (C=O) groups excluding carboxylic acids is 1. The van der Waals surface area contributed by atoms with Crippen LogP contribution in [0.4, 0.5) is 4.39 Å². The van der Waals surface area contributed by atoms with Crippen LogP contribution in [0.3, 0.4) is 0 Å². The number of nitrogens with zero attached hydrogens (tertiary/aromatic N) is 1. The highest BCUT2D eigenvalue weighted by atomic mass is 19.1. The first kappa shape index (κ1) is 13.2. The minimum absolute atomic E-state index is 0.279. The molecule has 0 saturated carbocycles. The molecule has 3 nitrogen and oxygen atoms in total. The molecule has 0 aliphatic heterocycles. The predicted octanol–water partition coefficient (Wildman–Crippen LogP) is 2.56. The lowest BCUT2D eigenvalue weighted by Crippen LogP contribution is -2.34. The second-order valence-corrected chi connectivity index (χ2v) is 3.90. The Morgan fingerprint density at radius 1 is 1.59 bits per heavy atom. The zero-order chi connectivity index (χ0) is 12.8. The van der Waals surface area contributed by atoms with E-state index in [1.54, 1.807) is 13.0 Å². The summed E-state index contributed by atoms with van der Waals surface area (Å²) in [6.07, 6.45) is 1.40. The van der Waals surface area contributed by atoms with Crippen molar-refractivity contribution in [1.82, 2.24) is 5.32 Å². The fraction of sp³-hybridized carbons (Fsp3) is 0.385. The van der Waals surface area contributed by atoms with Crippen LogP contribution in [0, 0.1) is 24.1 Å². The largest absolute Gasteiger partial charge is 0.336 e. The molecule has 1 aromatic rings. The smallest absolute Gasteiger partial charge is 0.252 e. The van der Waals surface area contributed by atoms with E-state index in [1.807, 2.05) is 13.0 Å². The number of amides is 1. The maximum Gasteiger partial charge on any atom is 0.252 e. The second-order valence-electron chi connectivity index (χ2n) is 3.90. The third-order valence-electron chi connectivity index (χ3n) is 2.48. The van der Waals surface area contributed by atoms with Crippen molar-refractivity contribution in [1.29, 1.82) is 5.26 Å². The molecule has 0 heterocycles. The second kappa shape index (κ2) is 6.00. The molecule has 1 amide bonds. The van der Waals surface area contributed by atoms with Crippen LogP contribution in [0.15, 0.2) is 18.2 Å². The van der Waals surface area contributed by atoms with Gasteiger partial charge < -0.3 is 5.32 Å². The van der Waals surface area contributed by atoms with E-state index in [-0.39, 0.29) is 5.56 Å². The van der Waals surface area contributed by atoms with Crippen molar-refractivity contribution in [3.05, 3.63) is 35.1 Å². The van der Waals surface area contributed by atoms with E-state index in [9.17, 15) is 9.18 Å². The van der Waals surface area contributed by atoms with Crippen molar-refractivity contribution in [2.75, 3.05) is 0 Å². The summed E-state index contributed by atoms with van der Waals surface area (Å²) in [5.41, 5.74) is 0.971. The van der Waals surface area contributed by atoms with Gasteiger partial charge in [0.2, 0.25) is 0 Å². The third-order valence-corrected chi connectivity index (χ3v) is 2.48. The van der Waals surface area contributed by atoms with Crippen LogP contribution in [-0.2, 0) is 0 Å². The molecule has 0 bridgehead atoms. The van der Waals surface area contributed by atoms with E-state index >= 15 is 0 Å². The molecule has 1 unspecified atom stereocenters. The zero-order valence-electron chi connectivity index (χ0n) is 9.96. The molecule has 0 aromatic heterocycles. The zero-order valence-corrected chi connectivity index (χ0v) is 9.96. The molecule has 1 aromatic carbocycles. The number of aryl methyl sites for hydroxylation is 1. The lowest BCUT2D eigenvalue weighted by molar-refractivity contribution is 0.0943. The number of carbonyl (C=O) groups is 1. The molecule has 0 aliphatic rings. The molecule has 90 valence electrons. The quantitative estimate of drug-likeness (QED) is 0.870. The summed E-state index contributed by atoms with van der Waals surface area (Å²) in [6.45, 7) is 3.67. The fourth-order valence-corrected chi connectivity index (χ4v) is 1.53. The molecule has 0 spiro atoms. The van der Waals surface area contributed by atoms with Gasteiger partial charge in [0.1, 0.15) is 11.9 Å². The van der Waals surface area contributed by atoms with Gasteiger partial charge in [0.25, 0.3) is 5.91 Å². The summed E-state index contributed by atoms with van der Waals surface area (Å²) in [4.78, 5) is 11.8. The first-order chi connectivity index (χ1) is 8.08. The van der Waals surface area contributed by atoms with Crippen molar-refractivity contribution in [2.45, 2.75) is 32.7 Å². The third kappa shape index (κ3) is 3.56. The molecule has 0 saturated heterocycles. The maximum absolute atomic E-state index is 13.0. The van der Waals surface area contributed by atoms with Crippen LogP contribution in [0.25, 0.3) is 0 Å². The lowest BCUT2D eigenvalue weighted by atomic mass is 10.1. The SMILES string of the molecule is CCCC(C#N)NC(=O)c1cc(F)ccc1C. The minimum atomic E-state index is -0.518. The number of hydrogen-bond acceptors (Lipinski definition) is 2. The molecule has 1 rings (SSSR count). The van der Waals surface area contributed by atoms with E-state index in [2.05, 4.69) is 5.32 Å². The summed E-state index contributed by atoms with van der Waals surface area (Å²) in [7, 11) is 0. The van der Waals surface area contributed by atoms with E-state index in [0.717, 1.165) is 6.42 Å². The number of nitriles is 1. The topological polar surface area (TPSA) is 52.9 Å². The summed E-state index contributed by atoms with van der Waals surface area (Å²) in [5, 5.41) is 11.4. The van der Waals surface area contributed by atoms with Crippen molar-refractivity contribution < 1.29 is 9.18 Å². The number of hydrogen-bond donors (Lipinski definition) is 1. The van der Waals surface area contributed by atoms with Gasteiger partial charge in [-0.15, -0.1) is 0 Å². The Bertz CT molecular complexity index is 451. The number of nitrogens with one attached hydrogen (secondary N) is 1. The molecular formula is C13H15FN2O. The average Bonchev–Trinajstić information content (AvgIpc) is 2.31. The molecule has 1 atom stereocenters. The molecule has 1 N–H and O–H groups in total. The van der Waals surface area contributed by atoms with Crippen LogP contribution >= 0.6 is 0 Å². The van der Waals surface area contributed by atoms with Gasteiger partial charge in [0.05, 0.1) is 6.07 Å². The molecule has 0 fully saturated rings. The lowest BCUT2D eigenvalue weighted by Gasteiger charge is -2.11. The number of benzene rings is 1. The van der Waals surface area contributed by atoms with Crippen LogP contribution in [0.2, 0.25) is 0 Å². The van der Waals surface area contributed by atoms with Gasteiger partial charge in [-0.2, -0.15) is 5.26 Å². The fourth-order valence-electron chi connectivity index (χ4n) is 1.53. The van der Waals surface area contributed by atoms with Crippen molar-refractivity contribution in [2.24, 2.45) is 0 Å². The van der Waals surface area contributed by atoms with Gasteiger partial charge in [-0.1, -0.05) is 19.4 Å². The molecule has 17 heavy (non-hydrogen) atoms. The average molecular weight is 234 g/mol. The summed E-state index contributed by atoms with van der Waals surface area (Å²) >= 11 is 0. The Kier molecular flexibility index (Phi) is 4.65. The normalized spacial score (nSPS) is 11.6. The van der Waals surface area contributed by atoms with E-state index in [0.29, 0.717) is 12.0 Å². The molecular weight excluding hydrogens is 219 g/mol. The molecule has 4 heteroatoms. The Hall–Kier alpha value is -1.89. The highest BCUT2D eigenvalue weighted by molar-refractivity contribution is 5.95. The van der Waals surface area contributed by atoms with Gasteiger partial charge >= 0.3 is 0 Å². The van der Waals surface area contributed by atoms with Crippen LogP contribution in [0.5, 0.6) is 0 Å². The van der Waals surface area contributed by atoms with Crippen LogP contribution in [-0.4, -0.2) is 11.9 Å². The van der Waals surface area contributed by atoms with Crippen molar-refractivity contribution in [3.63, 3.8) is 0 Å². The van der Waals surface area contributed by atoms with Crippen molar-refractivity contribution >= 4 is 5.91 Å². The summed E-state index contributed by atoms with van der Waals surface area (Å²) in [5.74, 6) is -0.855. The summed E-state index contributed by atoms with van der Waals surface area (Å²) in [6, 6.07) is 5.53. The van der Waals surface area contributed by atoms with Gasteiger partial charge in [0, 0.05) is 5.56 Å². The highest BCUT2D eigenvalue weighted by Crippen LogP contribution is 2.10. The molecule has 0 aliphatic carbocycles. The van der Waals surface area contributed by atoms with Gasteiger partial charge in [-0.3, -0.25) is 4.79 Å². The Morgan fingerprint density at radius 2 is 2.29 bits per heavy atom. The monoisotopic (exact) mass is 234 g/mol. The summed E-state index contributed by atoms with van der Waals surface area (Å²) < 4.78 is 13.0. The van der Waals surface area contributed by atoms with Gasteiger partial charge in [-0.25, -0.2) is 4.39 Å². The van der Waals surface area contributed by atoms with Crippen LogP contribution in [0.1, 0.15) is 35.7 Å². The first-order valence-electron chi connectivity index (χ1n) is 5.55. The number of rotatable bonds is 4. The van der Waals surface area contributed by atoms with Gasteiger partial charge in [-0.05, 0) is 31.0 Å². The minimum Gasteiger partial charge on any atom is -0.336 e. The van der Waals surface area contributed by atoms with E-state index in [4.69, 9.17) is 5.26 Å². The number of halogens is 1. The highest BCUT2D eigenvalue weighted by Gasteiger charge is 2.14. The predicted molar refractivity (Wildman–Crippen MR) is 62.9 cm³/mol. The Morgan fingerprint density at radius 3 is 2.88 bits per heavy atom. The van der Waals surface area contributed by atoms with Gasteiger partial charge in [0.15, 0.2) is 0 Å². The standard InChI is InChI=1S/C13H15FN2O/c1-3-4-11(8-15)16-13(17)12-7-10(14)6-5-9(12)2/h5-7,11H,3-4H2,1-2H3,(H,16,17). The Balaban J connectivity index is 2.83.